The van der Waals surface area contributed by atoms with Gasteiger partial charge in [-0.25, -0.2) is 0 Å². The van der Waals surface area contributed by atoms with Crippen LogP contribution < -0.4 is 0 Å². The number of aliphatic carboxylic acids is 1. The molecule has 0 aliphatic heterocycles. The normalized spacial score (nSPS) is 20.2. The summed E-state index contributed by atoms with van der Waals surface area (Å²) in [5.74, 6) is -1.06. The van der Waals surface area contributed by atoms with Crippen molar-refractivity contribution < 1.29 is 9.90 Å². The summed E-state index contributed by atoms with van der Waals surface area (Å²) in [6.07, 6.45) is 5.07. The third kappa shape index (κ3) is 3.21. The molecule has 122 valence electrons. The van der Waals surface area contributed by atoms with E-state index in [4.69, 9.17) is 0 Å². The zero-order valence-corrected chi connectivity index (χ0v) is 14.7. The lowest BCUT2D eigenvalue weighted by molar-refractivity contribution is -0.139. The van der Waals surface area contributed by atoms with Crippen molar-refractivity contribution in [2.24, 2.45) is 0 Å². The summed E-state index contributed by atoms with van der Waals surface area (Å²) in [7, 11) is 0. The van der Waals surface area contributed by atoms with Gasteiger partial charge in [0, 0.05) is 0 Å². The predicted octanol–water partition coefficient (Wildman–Crippen LogP) is 5.39. The molecule has 0 radical (unpaired) electrons. The second-order valence-corrected chi connectivity index (χ2v) is 8.11. The Balaban J connectivity index is 2.47. The second-order valence-electron chi connectivity index (χ2n) is 8.11. The fourth-order valence-electron chi connectivity index (χ4n) is 3.66. The van der Waals surface area contributed by atoms with E-state index in [1.807, 2.05) is 0 Å². The van der Waals surface area contributed by atoms with E-state index in [9.17, 15) is 9.90 Å². The number of benzene rings is 1. The molecule has 1 unspecified atom stereocenters. The molecule has 0 saturated heterocycles. The van der Waals surface area contributed by atoms with Crippen LogP contribution in [0.5, 0.6) is 0 Å². The van der Waals surface area contributed by atoms with Crippen LogP contribution in [0.2, 0.25) is 0 Å². The van der Waals surface area contributed by atoms with Gasteiger partial charge in [-0.1, -0.05) is 65.7 Å². The van der Waals surface area contributed by atoms with E-state index in [2.05, 4.69) is 52.8 Å². The topological polar surface area (TPSA) is 37.3 Å². The summed E-state index contributed by atoms with van der Waals surface area (Å²) in [4.78, 5) is 11.7. The lowest BCUT2D eigenvalue weighted by Crippen LogP contribution is -2.34. The zero-order chi connectivity index (χ0) is 16.5. The molecule has 0 saturated carbocycles. The Hall–Kier alpha value is -1.31. The Morgan fingerprint density at radius 1 is 1.14 bits per heavy atom. The molecule has 22 heavy (non-hydrogen) atoms. The third-order valence-electron chi connectivity index (χ3n) is 5.42. The van der Waals surface area contributed by atoms with Crippen LogP contribution in [0.1, 0.15) is 89.3 Å². The Morgan fingerprint density at radius 3 is 2.27 bits per heavy atom. The molecule has 0 spiro atoms. The van der Waals surface area contributed by atoms with E-state index < -0.39 is 5.97 Å². The first-order chi connectivity index (χ1) is 10.2. The number of rotatable bonds is 5. The highest BCUT2D eigenvalue weighted by atomic mass is 16.4. The standard InChI is InChI=1S/C20H30O2/c1-6-7-8-15(18(21)22)14-9-10-16-17(13-14)20(4,5)12-11-19(16,2)3/h9-10,13,15H,6-8,11-12H2,1-5H3,(H,21,22). The van der Waals surface area contributed by atoms with Gasteiger partial charge in [-0.05, 0) is 46.8 Å². The fourth-order valence-corrected chi connectivity index (χ4v) is 3.66. The number of hydrogen-bond donors (Lipinski definition) is 1. The average Bonchev–Trinajstić information content (AvgIpc) is 2.44. The Labute approximate surface area is 134 Å². The van der Waals surface area contributed by atoms with Crippen LogP contribution >= 0.6 is 0 Å². The van der Waals surface area contributed by atoms with Gasteiger partial charge >= 0.3 is 5.97 Å². The van der Waals surface area contributed by atoms with Crippen LogP contribution in [0.4, 0.5) is 0 Å². The van der Waals surface area contributed by atoms with Crippen LogP contribution in [0.15, 0.2) is 18.2 Å². The Morgan fingerprint density at radius 2 is 1.73 bits per heavy atom. The SMILES string of the molecule is CCCCC(C(=O)O)c1ccc2c(c1)C(C)(C)CCC2(C)C. The summed E-state index contributed by atoms with van der Waals surface area (Å²) in [5, 5.41) is 9.59. The minimum absolute atomic E-state index is 0.134. The van der Waals surface area contributed by atoms with Crippen molar-refractivity contribution in [1.82, 2.24) is 0 Å². The first-order valence-corrected chi connectivity index (χ1v) is 8.57. The first-order valence-electron chi connectivity index (χ1n) is 8.57. The fraction of sp³-hybridized carbons (Fsp3) is 0.650. The summed E-state index contributed by atoms with van der Waals surface area (Å²) < 4.78 is 0. The van der Waals surface area contributed by atoms with Gasteiger partial charge < -0.3 is 5.11 Å². The predicted molar refractivity (Wildman–Crippen MR) is 91.6 cm³/mol. The maximum atomic E-state index is 11.7. The molecule has 1 N–H and O–H groups in total. The molecule has 0 bridgehead atoms. The van der Waals surface area contributed by atoms with Crippen molar-refractivity contribution in [2.75, 3.05) is 0 Å². The largest absolute Gasteiger partial charge is 0.481 e. The van der Waals surface area contributed by atoms with Crippen LogP contribution in [0.25, 0.3) is 0 Å². The van der Waals surface area contributed by atoms with Crippen molar-refractivity contribution >= 4 is 5.97 Å². The molecular weight excluding hydrogens is 272 g/mol. The molecule has 0 aromatic heterocycles. The Bertz CT molecular complexity index is 555. The van der Waals surface area contributed by atoms with Crippen LogP contribution in [-0.4, -0.2) is 11.1 Å². The van der Waals surface area contributed by atoms with E-state index in [0.29, 0.717) is 0 Å². The maximum absolute atomic E-state index is 11.7. The van der Waals surface area contributed by atoms with Crippen molar-refractivity contribution in [2.45, 2.75) is 83.5 Å². The molecule has 0 heterocycles. The van der Waals surface area contributed by atoms with E-state index in [-0.39, 0.29) is 16.7 Å². The second kappa shape index (κ2) is 6.06. The molecule has 0 fully saturated rings. The highest BCUT2D eigenvalue weighted by Gasteiger charge is 2.37. The van der Waals surface area contributed by atoms with Crippen molar-refractivity contribution in [3.63, 3.8) is 0 Å². The van der Waals surface area contributed by atoms with E-state index in [1.54, 1.807) is 0 Å². The molecule has 1 aromatic carbocycles. The van der Waals surface area contributed by atoms with Gasteiger partial charge in [0.15, 0.2) is 0 Å². The van der Waals surface area contributed by atoms with Crippen molar-refractivity contribution in [1.29, 1.82) is 0 Å². The van der Waals surface area contributed by atoms with Gasteiger partial charge in [0.1, 0.15) is 0 Å². The maximum Gasteiger partial charge on any atom is 0.310 e. The minimum atomic E-state index is -0.693. The van der Waals surface area contributed by atoms with Gasteiger partial charge in [0.05, 0.1) is 5.92 Å². The quantitative estimate of drug-likeness (QED) is 0.791. The molecule has 2 heteroatoms. The van der Waals surface area contributed by atoms with Crippen molar-refractivity contribution in [3.8, 4) is 0 Å². The van der Waals surface area contributed by atoms with Gasteiger partial charge in [-0.3, -0.25) is 4.79 Å². The highest BCUT2D eigenvalue weighted by molar-refractivity contribution is 5.76. The molecule has 0 amide bonds. The minimum Gasteiger partial charge on any atom is -0.481 e. The summed E-state index contributed by atoms with van der Waals surface area (Å²) in [6.45, 7) is 11.3. The molecule has 2 nitrogen and oxygen atoms in total. The Kier molecular flexibility index (Phi) is 4.70. The number of unbranched alkanes of at least 4 members (excludes halogenated alkanes) is 1. The highest BCUT2D eigenvalue weighted by Crippen LogP contribution is 2.46. The summed E-state index contributed by atoms with van der Waals surface area (Å²) in [5.41, 5.74) is 4.04. The molecule has 1 atom stereocenters. The lowest BCUT2D eigenvalue weighted by atomic mass is 9.62. The van der Waals surface area contributed by atoms with Gasteiger partial charge in [0.2, 0.25) is 0 Å². The van der Waals surface area contributed by atoms with E-state index >= 15 is 0 Å². The average molecular weight is 302 g/mol. The van der Waals surface area contributed by atoms with Gasteiger partial charge in [-0.2, -0.15) is 0 Å². The molecule has 2 rings (SSSR count). The summed E-state index contributed by atoms with van der Waals surface area (Å²) in [6, 6.07) is 6.43. The lowest BCUT2D eigenvalue weighted by Gasteiger charge is -2.42. The molecular formula is C20H30O2. The molecule has 1 aliphatic carbocycles. The summed E-state index contributed by atoms with van der Waals surface area (Å²) >= 11 is 0. The zero-order valence-electron chi connectivity index (χ0n) is 14.7. The molecule has 1 aliphatic rings. The van der Waals surface area contributed by atoms with E-state index in [1.165, 1.54) is 17.5 Å². The van der Waals surface area contributed by atoms with Gasteiger partial charge in [-0.15, -0.1) is 0 Å². The number of carboxylic acid groups (broad SMARTS) is 1. The number of carboxylic acids is 1. The number of hydrogen-bond acceptors (Lipinski definition) is 1. The van der Waals surface area contributed by atoms with Crippen LogP contribution in [0, 0.1) is 0 Å². The number of fused-ring (bicyclic) bond motifs is 1. The smallest absolute Gasteiger partial charge is 0.310 e. The molecule has 1 aromatic rings. The first kappa shape index (κ1) is 17.1. The van der Waals surface area contributed by atoms with Crippen molar-refractivity contribution in [3.05, 3.63) is 34.9 Å². The number of carbonyl (C=O) groups is 1. The van der Waals surface area contributed by atoms with Crippen LogP contribution in [0.3, 0.4) is 0 Å². The van der Waals surface area contributed by atoms with Crippen LogP contribution in [-0.2, 0) is 15.6 Å². The van der Waals surface area contributed by atoms with E-state index in [0.717, 1.165) is 31.2 Å². The third-order valence-corrected chi connectivity index (χ3v) is 5.42. The monoisotopic (exact) mass is 302 g/mol. The van der Waals surface area contributed by atoms with Gasteiger partial charge in [0.25, 0.3) is 0 Å².